The Balaban J connectivity index is 1.86. The predicted octanol–water partition coefficient (Wildman–Crippen LogP) is 0.205. The van der Waals surface area contributed by atoms with Gasteiger partial charge in [0.05, 0.1) is 5.60 Å². The zero-order valence-electron chi connectivity index (χ0n) is 8.48. The van der Waals surface area contributed by atoms with Gasteiger partial charge in [-0.15, -0.1) is 0 Å². The lowest BCUT2D eigenvalue weighted by Crippen LogP contribution is -2.51. The van der Waals surface area contributed by atoms with Crippen molar-refractivity contribution in [3.05, 3.63) is 18.2 Å². The molecule has 1 saturated carbocycles. The zero-order valence-corrected chi connectivity index (χ0v) is 8.48. The van der Waals surface area contributed by atoms with Gasteiger partial charge in [-0.1, -0.05) is 0 Å². The molecule has 0 bridgehead atoms. The van der Waals surface area contributed by atoms with E-state index in [1.807, 2.05) is 17.8 Å². The molecule has 0 aliphatic heterocycles. The smallest absolute Gasteiger partial charge is 0.108 e. The van der Waals surface area contributed by atoms with Gasteiger partial charge in [0.1, 0.15) is 5.82 Å². The van der Waals surface area contributed by atoms with Crippen LogP contribution in [0, 0.1) is 0 Å². The van der Waals surface area contributed by atoms with Crippen molar-refractivity contribution in [3.8, 4) is 0 Å². The highest BCUT2D eigenvalue weighted by molar-refractivity contribution is 5.00. The summed E-state index contributed by atoms with van der Waals surface area (Å²) in [4.78, 5) is 4.22. The van der Waals surface area contributed by atoms with Crippen molar-refractivity contribution in [2.45, 2.75) is 37.3 Å². The van der Waals surface area contributed by atoms with E-state index in [0.29, 0.717) is 0 Å². The van der Waals surface area contributed by atoms with Gasteiger partial charge in [-0.05, 0) is 19.3 Å². The van der Waals surface area contributed by atoms with Crippen LogP contribution in [-0.2, 0) is 13.5 Å². The molecule has 0 atom stereocenters. The van der Waals surface area contributed by atoms with E-state index in [4.69, 9.17) is 5.73 Å². The molecule has 78 valence electrons. The molecular weight excluding hydrogens is 178 g/mol. The number of aryl methyl sites for hydroxylation is 2. The fraction of sp³-hybridized carbons (Fsp3) is 0.700. The monoisotopic (exact) mass is 195 g/mol. The molecule has 3 N–H and O–H groups in total. The summed E-state index contributed by atoms with van der Waals surface area (Å²) in [5.74, 6) is 1.03. The maximum atomic E-state index is 9.95. The van der Waals surface area contributed by atoms with Crippen molar-refractivity contribution in [1.29, 1.82) is 0 Å². The van der Waals surface area contributed by atoms with Crippen molar-refractivity contribution in [2.75, 3.05) is 0 Å². The van der Waals surface area contributed by atoms with Crippen LogP contribution in [0.4, 0.5) is 0 Å². The Bertz CT molecular complexity index is 315. The van der Waals surface area contributed by atoms with Crippen molar-refractivity contribution in [1.82, 2.24) is 9.55 Å². The molecule has 0 radical (unpaired) electrons. The number of nitrogens with two attached hydrogens (primary N) is 1. The van der Waals surface area contributed by atoms with Crippen LogP contribution in [0.15, 0.2) is 12.4 Å². The fourth-order valence-electron chi connectivity index (χ4n) is 2.10. The fourth-order valence-corrected chi connectivity index (χ4v) is 2.10. The molecule has 1 aliphatic rings. The highest BCUT2D eigenvalue weighted by Crippen LogP contribution is 2.34. The Morgan fingerprint density at radius 2 is 2.43 bits per heavy atom. The van der Waals surface area contributed by atoms with Crippen LogP contribution in [0.1, 0.15) is 25.1 Å². The minimum Gasteiger partial charge on any atom is -0.390 e. The van der Waals surface area contributed by atoms with E-state index >= 15 is 0 Å². The first-order valence-electron chi connectivity index (χ1n) is 5.03. The van der Waals surface area contributed by atoms with Gasteiger partial charge >= 0.3 is 0 Å². The summed E-state index contributed by atoms with van der Waals surface area (Å²) in [5.41, 5.74) is 5.13. The molecule has 0 spiro atoms. The SMILES string of the molecule is Cn1ccnc1CCC1(O)CC(N)C1. The van der Waals surface area contributed by atoms with Crippen LogP contribution in [-0.4, -0.2) is 26.3 Å². The third-order valence-electron chi connectivity index (χ3n) is 3.02. The average molecular weight is 195 g/mol. The first kappa shape index (κ1) is 9.68. The molecule has 2 rings (SSSR count). The molecule has 4 heteroatoms. The van der Waals surface area contributed by atoms with E-state index in [0.717, 1.165) is 31.5 Å². The van der Waals surface area contributed by atoms with Gasteiger partial charge in [-0.2, -0.15) is 0 Å². The summed E-state index contributed by atoms with van der Waals surface area (Å²) in [5, 5.41) is 9.95. The van der Waals surface area contributed by atoms with E-state index < -0.39 is 5.60 Å². The highest BCUT2D eigenvalue weighted by Gasteiger charge is 2.40. The van der Waals surface area contributed by atoms with Crippen LogP contribution in [0.2, 0.25) is 0 Å². The number of aromatic nitrogens is 2. The summed E-state index contributed by atoms with van der Waals surface area (Å²) in [7, 11) is 1.97. The second-order valence-corrected chi connectivity index (χ2v) is 4.35. The molecule has 0 saturated heterocycles. The van der Waals surface area contributed by atoms with Crippen LogP contribution < -0.4 is 5.73 Å². The summed E-state index contributed by atoms with van der Waals surface area (Å²) < 4.78 is 1.99. The predicted molar refractivity (Wildman–Crippen MR) is 53.7 cm³/mol. The lowest BCUT2D eigenvalue weighted by Gasteiger charge is -2.41. The van der Waals surface area contributed by atoms with Crippen molar-refractivity contribution in [2.24, 2.45) is 12.8 Å². The first-order chi connectivity index (χ1) is 6.59. The Morgan fingerprint density at radius 3 is 2.93 bits per heavy atom. The molecule has 1 fully saturated rings. The van der Waals surface area contributed by atoms with Crippen LogP contribution in [0.3, 0.4) is 0 Å². The van der Waals surface area contributed by atoms with Crippen LogP contribution in [0.5, 0.6) is 0 Å². The number of imidazole rings is 1. The minimum absolute atomic E-state index is 0.196. The van der Waals surface area contributed by atoms with Gasteiger partial charge in [0.25, 0.3) is 0 Å². The van der Waals surface area contributed by atoms with Crippen molar-refractivity contribution >= 4 is 0 Å². The van der Waals surface area contributed by atoms with Gasteiger partial charge in [-0.3, -0.25) is 0 Å². The maximum Gasteiger partial charge on any atom is 0.108 e. The Hall–Kier alpha value is -0.870. The number of aliphatic hydroxyl groups is 1. The average Bonchev–Trinajstić information content (AvgIpc) is 2.45. The Kier molecular flexibility index (Phi) is 2.33. The first-order valence-corrected chi connectivity index (χ1v) is 5.03. The maximum absolute atomic E-state index is 9.95. The number of rotatable bonds is 3. The number of hydrogen-bond acceptors (Lipinski definition) is 3. The van der Waals surface area contributed by atoms with Gasteiger partial charge in [0.15, 0.2) is 0 Å². The molecule has 1 heterocycles. The molecule has 0 aromatic carbocycles. The lowest BCUT2D eigenvalue weighted by atomic mass is 9.73. The second kappa shape index (κ2) is 3.37. The molecule has 0 unspecified atom stereocenters. The van der Waals surface area contributed by atoms with Crippen molar-refractivity contribution in [3.63, 3.8) is 0 Å². The van der Waals surface area contributed by atoms with Crippen LogP contribution in [0.25, 0.3) is 0 Å². The summed E-state index contributed by atoms with van der Waals surface area (Å²) >= 11 is 0. The summed E-state index contributed by atoms with van der Waals surface area (Å²) in [6, 6.07) is 0.196. The van der Waals surface area contributed by atoms with Gasteiger partial charge in [0.2, 0.25) is 0 Å². The van der Waals surface area contributed by atoms with Gasteiger partial charge in [0, 0.05) is 31.9 Å². The van der Waals surface area contributed by atoms with E-state index in [1.54, 1.807) is 6.20 Å². The lowest BCUT2D eigenvalue weighted by molar-refractivity contribution is -0.0530. The van der Waals surface area contributed by atoms with E-state index in [2.05, 4.69) is 4.98 Å². The third-order valence-corrected chi connectivity index (χ3v) is 3.02. The molecule has 1 aromatic heterocycles. The minimum atomic E-state index is -0.522. The van der Waals surface area contributed by atoms with E-state index in [1.165, 1.54) is 0 Å². The van der Waals surface area contributed by atoms with Gasteiger partial charge < -0.3 is 15.4 Å². The quantitative estimate of drug-likeness (QED) is 0.724. The summed E-state index contributed by atoms with van der Waals surface area (Å²) in [6.07, 6.45) is 6.77. The zero-order chi connectivity index (χ0) is 10.2. The standard InChI is InChI=1S/C10H17N3O/c1-13-5-4-12-9(13)2-3-10(14)6-8(11)7-10/h4-5,8,14H,2-3,6-7,11H2,1H3. The van der Waals surface area contributed by atoms with E-state index in [9.17, 15) is 5.11 Å². The molecule has 14 heavy (non-hydrogen) atoms. The number of hydrogen-bond donors (Lipinski definition) is 2. The third kappa shape index (κ3) is 1.81. The second-order valence-electron chi connectivity index (χ2n) is 4.35. The molecule has 1 aromatic rings. The van der Waals surface area contributed by atoms with Crippen molar-refractivity contribution < 1.29 is 5.11 Å². The largest absolute Gasteiger partial charge is 0.390 e. The van der Waals surface area contributed by atoms with E-state index in [-0.39, 0.29) is 6.04 Å². The highest BCUT2D eigenvalue weighted by atomic mass is 16.3. The topological polar surface area (TPSA) is 64.1 Å². The molecule has 1 aliphatic carbocycles. The molecule has 4 nitrogen and oxygen atoms in total. The molecule has 0 amide bonds. The Labute approximate surface area is 83.8 Å². The summed E-state index contributed by atoms with van der Waals surface area (Å²) in [6.45, 7) is 0. The Morgan fingerprint density at radius 1 is 1.71 bits per heavy atom. The van der Waals surface area contributed by atoms with Gasteiger partial charge in [-0.25, -0.2) is 4.98 Å². The van der Waals surface area contributed by atoms with Crippen LogP contribution >= 0.6 is 0 Å². The molecular formula is C10H17N3O. The number of nitrogens with zero attached hydrogens (tertiary/aromatic N) is 2. The normalized spacial score (nSPS) is 31.5.